The molecule has 0 aromatic carbocycles. The maximum Gasteiger partial charge on any atom is 0.277 e. The molecule has 0 bridgehead atoms. The van der Waals surface area contributed by atoms with Crippen LogP contribution in [0, 0.1) is 6.92 Å². The molecule has 6 nitrogen and oxygen atoms in total. The predicted molar refractivity (Wildman–Crippen MR) is 96.4 cm³/mol. The number of carbonyl (C=O) groups excluding carboxylic acids is 1. The normalized spacial score (nSPS) is 17.2. The lowest BCUT2D eigenvalue weighted by Gasteiger charge is -2.35. The van der Waals surface area contributed by atoms with Gasteiger partial charge in [0.25, 0.3) is 11.1 Å². The molecule has 2 aromatic heterocycles. The van der Waals surface area contributed by atoms with E-state index in [1.54, 1.807) is 11.3 Å². The Labute approximate surface area is 150 Å². The van der Waals surface area contributed by atoms with Crippen LogP contribution in [-0.4, -0.2) is 63.9 Å². The summed E-state index contributed by atoms with van der Waals surface area (Å²) in [5, 5.41) is 10.4. The van der Waals surface area contributed by atoms with Crippen LogP contribution in [-0.2, 0) is 4.79 Å². The zero-order chi connectivity index (χ0) is 17.1. The van der Waals surface area contributed by atoms with E-state index in [9.17, 15) is 4.79 Å². The molecule has 3 rings (SSSR count). The summed E-state index contributed by atoms with van der Waals surface area (Å²) in [5.41, 5.74) is 1.12. The zero-order valence-corrected chi connectivity index (χ0v) is 15.8. The summed E-state index contributed by atoms with van der Waals surface area (Å²) in [6.07, 6.45) is 0. The van der Waals surface area contributed by atoms with Gasteiger partial charge in [0.1, 0.15) is 0 Å². The molecule has 1 amide bonds. The third-order valence-corrected chi connectivity index (χ3v) is 6.15. The average molecular weight is 367 g/mol. The predicted octanol–water partition coefficient (Wildman–Crippen LogP) is 2.75. The topological polar surface area (TPSA) is 62.5 Å². The van der Waals surface area contributed by atoms with Gasteiger partial charge in [-0.25, -0.2) is 0 Å². The Morgan fingerprint density at radius 2 is 2.12 bits per heavy atom. The number of thiophene rings is 1. The molecule has 1 atom stereocenters. The van der Waals surface area contributed by atoms with Gasteiger partial charge in [-0.1, -0.05) is 18.7 Å². The van der Waals surface area contributed by atoms with Crippen LogP contribution in [0.5, 0.6) is 0 Å². The van der Waals surface area contributed by atoms with Gasteiger partial charge in [0.05, 0.1) is 10.1 Å². The molecular formula is C16H22N4O2S2. The fourth-order valence-electron chi connectivity index (χ4n) is 2.68. The van der Waals surface area contributed by atoms with Crippen molar-refractivity contribution in [1.82, 2.24) is 20.0 Å². The molecular weight excluding hydrogens is 344 g/mol. The molecule has 0 radical (unpaired) electrons. The van der Waals surface area contributed by atoms with Gasteiger partial charge in [0.2, 0.25) is 5.91 Å². The van der Waals surface area contributed by atoms with Crippen molar-refractivity contribution in [3.05, 3.63) is 17.0 Å². The third-order valence-electron chi connectivity index (χ3n) is 4.22. The number of piperazine rings is 1. The van der Waals surface area contributed by atoms with E-state index >= 15 is 0 Å². The minimum Gasteiger partial charge on any atom is -0.410 e. The first-order chi connectivity index (χ1) is 11.6. The average Bonchev–Trinajstić information content (AvgIpc) is 3.22. The van der Waals surface area contributed by atoms with Crippen LogP contribution in [0.15, 0.2) is 21.1 Å². The maximum atomic E-state index is 12.6. The van der Waals surface area contributed by atoms with Gasteiger partial charge >= 0.3 is 0 Å². The van der Waals surface area contributed by atoms with Gasteiger partial charge in [-0.3, -0.25) is 4.79 Å². The monoisotopic (exact) mass is 366 g/mol. The van der Waals surface area contributed by atoms with Crippen LogP contribution >= 0.6 is 23.1 Å². The summed E-state index contributed by atoms with van der Waals surface area (Å²) < 4.78 is 5.72. The van der Waals surface area contributed by atoms with Gasteiger partial charge in [-0.2, -0.15) is 0 Å². The SMILES string of the molecule is CCN1CCN(C(=O)C(C)Sc2nnc(-c3sccc3C)o2)CC1. The molecule has 0 spiro atoms. The molecule has 130 valence electrons. The minimum atomic E-state index is -0.226. The van der Waals surface area contributed by atoms with Gasteiger partial charge in [-0.15, -0.1) is 21.5 Å². The first-order valence-corrected chi connectivity index (χ1v) is 9.90. The maximum absolute atomic E-state index is 12.6. The Morgan fingerprint density at radius 1 is 1.38 bits per heavy atom. The van der Waals surface area contributed by atoms with E-state index in [1.807, 2.05) is 30.2 Å². The summed E-state index contributed by atoms with van der Waals surface area (Å²) >= 11 is 2.92. The Morgan fingerprint density at radius 3 is 2.75 bits per heavy atom. The van der Waals surface area contributed by atoms with E-state index in [-0.39, 0.29) is 11.2 Å². The van der Waals surface area contributed by atoms with Crippen LogP contribution in [0.25, 0.3) is 10.8 Å². The van der Waals surface area contributed by atoms with E-state index < -0.39 is 0 Å². The van der Waals surface area contributed by atoms with Crippen LogP contribution in [0.2, 0.25) is 0 Å². The Hall–Kier alpha value is -1.38. The number of carbonyl (C=O) groups is 1. The van der Waals surface area contributed by atoms with Crippen LogP contribution in [0.3, 0.4) is 0 Å². The standard InChI is InChI=1S/C16H22N4O2S2/c1-4-19-6-8-20(9-7-19)15(21)12(3)24-16-18-17-14(22-16)13-11(2)5-10-23-13/h5,10,12H,4,6-9H2,1-3H3. The number of hydrogen-bond acceptors (Lipinski definition) is 7. The van der Waals surface area contributed by atoms with Gasteiger partial charge in [0.15, 0.2) is 0 Å². The van der Waals surface area contributed by atoms with Crippen LogP contribution in [0.1, 0.15) is 19.4 Å². The second kappa shape index (κ2) is 7.67. The number of nitrogens with zero attached hydrogens (tertiary/aromatic N) is 4. The van der Waals surface area contributed by atoms with E-state index in [1.165, 1.54) is 11.8 Å². The van der Waals surface area contributed by atoms with Crippen LogP contribution < -0.4 is 0 Å². The molecule has 1 aliphatic rings. The number of aromatic nitrogens is 2. The van der Waals surface area contributed by atoms with Crippen molar-refractivity contribution in [3.8, 4) is 10.8 Å². The van der Waals surface area contributed by atoms with E-state index in [0.29, 0.717) is 11.1 Å². The highest BCUT2D eigenvalue weighted by atomic mass is 32.2. The fraction of sp³-hybridized carbons (Fsp3) is 0.562. The molecule has 1 aliphatic heterocycles. The quantitative estimate of drug-likeness (QED) is 0.758. The van der Waals surface area contributed by atoms with Crippen molar-refractivity contribution < 1.29 is 9.21 Å². The summed E-state index contributed by atoms with van der Waals surface area (Å²) in [6.45, 7) is 10.6. The number of aryl methyl sites for hydroxylation is 1. The number of amides is 1. The second-order valence-electron chi connectivity index (χ2n) is 5.83. The molecule has 2 aromatic rings. The van der Waals surface area contributed by atoms with Crippen molar-refractivity contribution in [2.24, 2.45) is 0 Å². The van der Waals surface area contributed by atoms with Crippen molar-refractivity contribution >= 4 is 29.0 Å². The number of hydrogen-bond donors (Lipinski definition) is 0. The first kappa shape index (κ1) is 17.4. The first-order valence-electron chi connectivity index (χ1n) is 8.14. The largest absolute Gasteiger partial charge is 0.410 e. The summed E-state index contributed by atoms with van der Waals surface area (Å²) in [4.78, 5) is 17.9. The summed E-state index contributed by atoms with van der Waals surface area (Å²) in [6, 6.07) is 2.03. The van der Waals surface area contributed by atoms with E-state index in [4.69, 9.17) is 4.42 Å². The van der Waals surface area contributed by atoms with E-state index in [2.05, 4.69) is 22.0 Å². The van der Waals surface area contributed by atoms with E-state index in [0.717, 1.165) is 43.2 Å². The summed E-state index contributed by atoms with van der Waals surface area (Å²) in [5.74, 6) is 0.670. The van der Waals surface area contributed by atoms with Gasteiger partial charge in [0, 0.05) is 26.2 Å². The number of thioether (sulfide) groups is 1. The molecule has 0 aliphatic carbocycles. The van der Waals surface area contributed by atoms with Crippen molar-refractivity contribution in [2.75, 3.05) is 32.7 Å². The lowest BCUT2D eigenvalue weighted by atomic mass is 10.3. The molecule has 8 heteroatoms. The number of rotatable bonds is 5. The molecule has 1 saturated heterocycles. The molecule has 24 heavy (non-hydrogen) atoms. The van der Waals surface area contributed by atoms with Gasteiger partial charge in [-0.05, 0) is 37.4 Å². The Balaban J connectivity index is 1.59. The van der Waals surface area contributed by atoms with Crippen molar-refractivity contribution in [2.45, 2.75) is 31.2 Å². The van der Waals surface area contributed by atoms with Crippen molar-refractivity contribution in [3.63, 3.8) is 0 Å². The second-order valence-corrected chi connectivity index (χ2v) is 8.03. The highest BCUT2D eigenvalue weighted by molar-refractivity contribution is 8.00. The molecule has 3 heterocycles. The number of likely N-dealkylation sites (N-methyl/N-ethyl adjacent to an activating group) is 1. The zero-order valence-electron chi connectivity index (χ0n) is 14.2. The highest BCUT2D eigenvalue weighted by Gasteiger charge is 2.26. The Kier molecular flexibility index (Phi) is 5.57. The van der Waals surface area contributed by atoms with Gasteiger partial charge < -0.3 is 14.2 Å². The molecule has 1 unspecified atom stereocenters. The molecule has 1 fully saturated rings. The smallest absolute Gasteiger partial charge is 0.277 e. The van der Waals surface area contributed by atoms with Crippen molar-refractivity contribution in [1.29, 1.82) is 0 Å². The highest BCUT2D eigenvalue weighted by Crippen LogP contribution is 2.31. The fourth-order valence-corrected chi connectivity index (χ4v) is 4.30. The summed E-state index contributed by atoms with van der Waals surface area (Å²) in [7, 11) is 0. The minimum absolute atomic E-state index is 0.141. The lowest BCUT2D eigenvalue weighted by molar-refractivity contribution is -0.132. The molecule has 0 N–H and O–H groups in total. The lowest BCUT2D eigenvalue weighted by Crippen LogP contribution is -2.50. The van der Waals surface area contributed by atoms with Crippen LogP contribution in [0.4, 0.5) is 0 Å². The molecule has 0 saturated carbocycles. The third kappa shape index (κ3) is 3.81. The Bertz CT molecular complexity index is 692.